The van der Waals surface area contributed by atoms with Gasteiger partial charge in [0.25, 0.3) is 0 Å². The average Bonchev–Trinajstić information content (AvgIpc) is 3.23. The van der Waals surface area contributed by atoms with E-state index in [1.165, 1.54) is 31.6 Å². The topological polar surface area (TPSA) is 6.48 Å². The maximum atomic E-state index is 6.22. The van der Waals surface area contributed by atoms with Gasteiger partial charge in [-0.2, -0.15) is 0 Å². The van der Waals surface area contributed by atoms with Crippen LogP contribution in [-0.2, 0) is 5.88 Å². The number of hydrogen-bond acceptors (Lipinski definition) is 2. The maximum Gasteiger partial charge on any atom is 0.0488 e. The lowest BCUT2D eigenvalue weighted by Gasteiger charge is -2.36. The van der Waals surface area contributed by atoms with Crippen molar-refractivity contribution in [3.63, 3.8) is 0 Å². The maximum absolute atomic E-state index is 6.22. The Labute approximate surface area is 118 Å². The third kappa shape index (κ3) is 2.61. The Bertz CT molecular complexity index is 424. The van der Waals surface area contributed by atoms with Gasteiger partial charge in [-0.1, -0.05) is 17.7 Å². The summed E-state index contributed by atoms with van der Waals surface area (Å²) in [6.45, 7) is 4.57. The highest BCUT2D eigenvalue weighted by atomic mass is 35.5. The van der Waals surface area contributed by atoms with Crippen LogP contribution in [0.25, 0.3) is 0 Å². The van der Waals surface area contributed by atoms with Crippen molar-refractivity contribution in [1.82, 2.24) is 4.90 Å². The standard InChI is InChI=1S/C14H18Cl2N2/c15-10-11-1-2-13(9-14(11)16)18-7-5-17(6-8-18)12-3-4-12/h1-2,9,12H,3-8,10H2. The molecular weight excluding hydrogens is 267 g/mol. The molecule has 3 rings (SSSR count). The highest BCUT2D eigenvalue weighted by Gasteiger charge is 2.31. The molecule has 18 heavy (non-hydrogen) atoms. The molecule has 0 spiro atoms. The van der Waals surface area contributed by atoms with Gasteiger partial charge < -0.3 is 4.90 Å². The number of benzene rings is 1. The molecule has 0 amide bonds. The number of hydrogen-bond donors (Lipinski definition) is 0. The fourth-order valence-electron chi connectivity index (χ4n) is 2.63. The highest BCUT2D eigenvalue weighted by Crippen LogP contribution is 2.30. The Morgan fingerprint density at radius 2 is 1.83 bits per heavy atom. The number of rotatable bonds is 3. The Hall–Kier alpha value is -0.440. The number of halogens is 2. The Morgan fingerprint density at radius 1 is 1.11 bits per heavy atom. The molecule has 1 aromatic carbocycles. The second kappa shape index (κ2) is 5.28. The van der Waals surface area contributed by atoms with E-state index in [-0.39, 0.29) is 0 Å². The Balaban J connectivity index is 1.66. The summed E-state index contributed by atoms with van der Waals surface area (Å²) in [6, 6.07) is 7.11. The predicted octanol–water partition coefficient (Wildman–Crippen LogP) is 3.36. The first-order valence-electron chi connectivity index (χ1n) is 6.61. The largest absolute Gasteiger partial charge is 0.369 e. The lowest BCUT2D eigenvalue weighted by atomic mass is 10.2. The second-order valence-electron chi connectivity index (χ2n) is 5.16. The van der Waals surface area contributed by atoms with Gasteiger partial charge in [-0.3, -0.25) is 4.90 Å². The van der Waals surface area contributed by atoms with E-state index in [1.54, 1.807) is 0 Å². The van der Waals surface area contributed by atoms with Crippen molar-refractivity contribution in [2.45, 2.75) is 24.8 Å². The third-order valence-corrected chi connectivity index (χ3v) is 4.56. The van der Waals surface area contributed by atoms with Crippen molar-refractivity contribution in [3.05, 3.63) is 28.8 Å². The van der Waals surface area contributed by atoms with Crippen molar-refractivity contribution in [3.8, 4) is 0 Å². The minimum absolute atomic E-state index is 0.481. The smallest absolute Gasteiger partial charge is 0.0488 e. The fourth-order valence-corrected chi connectivity index (χ4v) is 3.17. The number of anilines is 1. The summed E-state index contributed by atoms with van der Waals surface area (Å²) in [7, 11) is 0. The molecule has 1 saturated carbocycles. The number of alkyl halides is 1. The average molecular weight is 285 g/mol. The lowest BCUT2D eigenvalue weighted by Crippen LogP contribution is -2.47. The van der Waals surface area contributed by atoms with Gasteiger partial charge in [0.1, 0.15) is 0 Å². The number of piperazine rings is 1. The van der Waals surface area contributed by atoms with Crippen LogP contribution in [0.4, 0.5) is 5.69 Å². The van der Waals surface area contributed by atoms with Crippen molar-refractivity contribution >= 4 is 28.9 Å². The first kappa shape index (κ1) is 12.6. The van der Waals surface area contributed by atoms with Gasteiger partial charge in [0.05, 0.1) is 0 Å². The van der Waals surface area contributed by atoms with Crippen LogP contribution in [-0.4, -0.2) is 37.1 Å². The van der Waals surface area contributed by atoms with Crippen molar-refractivity contribution < 1.29 is 0 Å². The molecule has 98 valence electrons. The van der Waals surface area contributed by atoms with Gasteiger partial charge in [0.2, 0.25) is 0 Å². The number of nitrogens with zero attached hydrogens (tertiary/aromatic N) is 2. The van der Waals surface area contributed by atoms with Crippen LogP contribution in [0, 0.1) is 0 Å². The first-order valence-corrected chi connectivity index (χ1v) is 7.52. The van der Waals surface area contributed by atoms with Crippen molar-refractivity contribution in [1.29, 1.82) is 0 Å². The van der Waals surface area contributed by atoms with Crippen LogP contribution in [0.15, 0.2) is 18.2 Å². The van der Waals surface area contributed by atoms with Crippen LogP contribution in [0.5, 0.6) is 0 Å². The summed E-state index contributed by atoms with van der Waals surface area (Å²) in [6.07, 6.45) is 2.80. The van der Waals surface area contributed by atoms with E-state index in [0.717, 1.165) is 29.7 Å². The summed E-state index contributed by atoms with van der Waals surface area (Å²) < 4.78 is 0. The van der Waals surface area contributed by atoms with Crippen LogP contribution >= 0.6 is 23.2 Å². The highest BCUT2D eigenvalue weighted by molar-refractivity contribution is 6.32. The molecule has 1 heterocycles. The molecular formula is C14H18Cl2N2. The van der Waals surface area contributed by atoms with E-state index < -0.39 is 0 Å². The predicted molar refractivity (Wildman–Crippen MR) is 77.8 cm³/mol. The summed E-state index contributed by atoms with van der Waals surface area (Å²) >= 11 is 12.0. The van der Waals surface area contributed by atoms with Crippen LogP contribution in [0.2, 0.25) is 5.02 Å². The van der Waals surface area contributed by atoms with Crippen LogP contribution in [0.1, 0.15) is 18.4 Å². The zero-order valence-corrected chi connectivity index (χ0v) is 11.9. The summed E-state index contributed by atoms with van der Waals surface area (Å²) in [4.78, 5) is 5.04. The van der Waals surface area contributed by atoms with E-state index in [4.69, 9.17) is 23.2 Å². The molecule has 0 bridgehead atoms. The van der Waals surface area contributed by atoms with Crippen LogP contribution in [0.3, 0.4) is 0 Å². The van der Waals surface area contributed by atoms with E-state index in [9.17, 15) is 0 Å². The molecule has 1 aliphatic heterocycles. The second-order valence-corrected chi connectivity index (χ2v) is 5.84. The molecule has 0 N–H and O–H groups in total. The Morgan fingerprint density at radius 3 is 2.39 bits per heavy atom. The summed E-state index contributed by atoms with van der Waals surface area (Å²) in [5.41, 5.74) is 2.24. The van der Waals surface area contributed by atoms with Gasteiger partial charge in [-0.15, -0.1) is 11.6 Å². The van der Waals surface area contributed by atoms with Crippen molar-refractivity contribution in [2.75, 3.05) is 31.1 Å². The molecule has 2 nitrogen and oxygen atoms in total. The van der Waals surface area contributed by atoms with Gasteiger partial charge in [-0.25, -0.2) is 0 Å². The summed E-state index contributed by atoms with van der Waals surface area (Å²) in [5.74, 6) is 0.481. The third-order valence-electron chi connectivity index (χ3n) is 3.92. The molecule has 1 saturated heterocycles. The van der Waals surface area contributed by atoms with E-state index in [1.807, 2.05) is 12.1 Å². The molecule has 0 radical (unpaired) electrons. The normalized spacial score (nSPS) is 21.3. The van der Waals surface area contributed by atoms with E-state index in [2.05, 4.69) is 15.9 Å². The SMILES string of the molecule is ClCc1ccc(N2CCN(C3CC3)CC2)cc1Cl. The molecule has 0 aromatic heterocycles. The molecule has 4 heteroatoms. The molecule has 2 aliphatic rings. The minimum atomic E-state index is 0.481. The van der Waals surface area contributed by atoms with Crippen molar-refractivity contribution in [2.24, 2.45) is 0 Å². The molecule has 0 unspecified atom stereocenters. The zero-order valence-electron chi connectivity index (χ0n) is 10.4. The molecule has 0 atom stereocenters. The fraction of sp³-hybridized carbons (Fsp3) is 0.571. The van der Waals surface area contributed by atoms with Gasteiger partial charge in [0, 0.05) is 48.8 Å². The monoisotopic (exact) mass is 284 g/mol. The van der Waals surface area contributed by atoms with Crippen LogP contribution < -0.4 is 4.90 Å². The molecule has 1 aromatic rings. The zero-order chi connectivity index (χ0) is 12.5. The van der Waals surface area contributed by atoms with E-state index >= 15 is 0 Å². The van der Waals surface area contributed by atoms with Gasteiger partial charge in [-0.05, 0) is 30.5 Å². The van der Waals surface area contributed by atoms with E-state index in [0.29, 0.717) is 5.88 Å². The molecule has 1 aliphatic carbocycles. The quantitative estimate of drug-likeness (QED) is 0.786. The minimum Gasteiger partial charge on any atom is -0.369 e. The van der Waals surface area contributed by atoms with Gasteiger partial charge in [0.15, 0.2) is 0 Å². The summed E-state index contributed by atoms with van der Waals surface area (Å²) in [5, 5.41) is 0.784. The first-order chi connectivity index (χ1) is 8.78. The lowest BCUT2D eigenvalue weighted by molar-refractivity contribution is 0.248. The molecule has 2 fully saturated rings. The Kier molecular flexibility index (Phi) is 3.69. The van der Waals surface area contributed by atoms with Gasteiger partial charge >= 0.3 is 0 Å².